The first-order chi connectivity index (χ1) is 23.7. The maximum absolute atomic E-state index is 17.1. The van der Waals surface area contributed by atoms with Gasteiger partial charge in [-0.25, -0.2) is 14.2 Å². The van der Waals surface area contributed by atoms with E-state index in [0.29, 0.717) is 59.7 Å². The first kappa shape index (κ1) is 34.6. The highest BCUT2D eigenvalue weighted by atomic mass is 35.5. The smallest absolute Gasteiger partial charge is 0.410 e. The van der Waals surface area contributed by atoms with Crippen LogP contribution >= 0.6 is 23.2 Å². The van der Waals surface area contributed by atoms with E-state index in [9.17, 15) is 14.9 Å². The van der Waals surface area contributed by atoms with Gasteiger partial charge in [-0.1, -0.05) is 42.3 Å². The lowest BCUT2D eigenvalue weighted by Gasteiger charge is -2.30. The molecule has 8 nitrogen and oxygen atoms in total. The van der Waals surface area contributed by atoms with Gasteiger partial charge in [-0.15, -0.1) is 0 Å². The van der Waals surface area contributed by atoms with Gasteiger partial charge >= 0.3 is 6.09 Å². The van der Waals surface area contributed by atoms with Crippen molar-refractivity contribution in [3.05, 3.63) is 63.1 Å². The Balaban J connectivity index is 1.47. The highest BCUT2D eigenvalue weighted by Crippen LogP contribution is 2.50. The van der Waals surface area contributed by atoms with Crippen LogP contribution in [-0.2, 0) is 16.0 Å². The third-order valence-corrected chi connectivity index (χ3v) is 11.4. The van der Waals surface area contributed by atoms with E-state index in [4.69, 9.17) is 32.9 Å². The lowest BCUT2D eigenvalue weighted by Crippen LogP contribution is -2.37. The molecule has 11 heteroatoms. The number of fused-ring (bicyclic) bond motifs is 3. The number of rotatable bonds is 6. The average Bonchev–Trinajstić information content (AvgIpc) is 3.44. The third kappa shape index (κ3) is 5.98. The SMILES string of the molecule is Cc1nc2c(F)c(-c3cccc(Cl)c3Cl)c(CCC#N)cc2c2c1cc(C1CCCN1C(=O)C1(C)CC1)n2C1CCN(C(=O)OC(C)(C)C)C1. The average molecular weight is 719 g/mol. The van der Waals surface area contributed by atoms with Crippen molar-refractivity contribution in [1.29, 1.82) is 5.26 Å². The predicted molar refractivity (Wildman–Crippen MR) is 194 cm³/mol. The Morgan fingerprint density at radius 3 is 2.60 bits per heavy atom. The third-order valence-electron chi connectivity index (χ3n) is 10.6. The number of benzene rings is 2. The summed E-state index contributed by atoms with van der Waals surface area (Å²) in [7, 11) is 0. The molecule has 4 aromatic rings. The molecule has 1 aliphatic carbocycles. The molecule has 0 bridgehead atoms. The number of carbonyl (C=O) groups is 2. The molecular weight excluding hydrogens is 676 g/mol. The number of nitriles is 1. The molecule has 2 aliphatic heterocycles. The highest BCUT2D eigenvalue weighted by Gasteiger charge is 2.50. The highest BCUT2D eigenvalue weighted by molar-refractivity contribution is 6.43. The Bertz CT molecular complexity index is 2090. The van der Waals surface area contributed by atoms with Crippen molar-refractivity contribution in [3.8, 4) is 17.2 Å². The molecule has 7 rings (SSSR count). The van der Waals surface area contributed by atoms with Crippen LogP contribution in [0.3, 0.4) is 0 Å². The van der Waals surface area contributed by atoms with Crippen LogP contribution in [0.15, 0.2) is 30.3 Å². The van der Waals surface area contributed by atoms with Crippen molar-refractivity contribution in [3.63, 3.8) is 0 Å². The molecule has 2 saturated heterocycles. The lowest BCUT2D eigenvalue weighted by atomic mass is 9.93. The number of hydrogen-bond donors (Lipinski definition) is 0. The number of aromatic nitrogens is 2. The summed E-state index contributed by atoms with van der Waals surface area (Å²) >= 11 is 13.1. The predicted octanol–water partition coefficient (Wildman–Crippen LogP) is 9.71. The van der Waals surface area contributed by atoms with Gasteiger partial charge in [0.25, 0.3) is 0 Å². The minimum Gasteiger partial charge on any atom is -0.444 e. The van der Waals surface area contributed by atoms with Crippen LogP contribution < -0.4 is 0 Å². The molecule has 0 radical (unpaired) electrons. The van der Waals surface area contributed by atoms with Gasteiger partial charge in [-0.05, 0) is 90.0 Å². The standard InChI is InChI=1S/C39H42Cl2FN5O3/c1-22-26-20-30(29-12-8-17-46(29)36(48)39(5)14-15-39)47(24-13-18-45(21-24)37(49)50-38(2,3)4)35(26)27-19-23(9-7-16-43)31(33(42)34(27)44-22)25-10-6-11-28(40)32(25)41/h6,10-11,19-20,24,29H,7-9,12-15,17-18,21H2,1-5H3. The second kappa shape index (κ2) is 12.7. The van der Waals surface area contributed by atoms with Crippen LogP contribution in [0.5, 0.6) is 0 Å². The molecule has 2 aromatic heterocycles. The fourth-order valence-electron chi connectivity index (χ4n) is 7.84. The molecule has 1 saturated carbocycles. The number of nitrogens with zero attached hydrogens (tertiary/aromatic N) is 5. The second-order valence-electron chi connectivity index (χ2n) is 15.4. The monoisotopic (exact) mass is 717 g/mol. The molecule has 0 spiro atoms. The molecule has 3 fully saturated rings. The van der Waals surface area contributed by atoms with E-state index in [1.807, 2.05) is 45.6 Å². The second-order valence-corrected chi connectivity index (χ2v) is 16.2. The number of carbonyl (C=O) groups excluding carboxylic acids is 2. The Labute approximate surface area is 302 Å². The van der Waals surface area contributed by atoms with Crippen LogP contribution in [0.4, 0.5) is 9.18 Å². The minimum atomic E-state index is -0.635. The summed E-state index contributed by atoms with van der Waals surface area (Å²) in [5, 5.41) is 11.6. The number of likely N-dealkylation sites (tertiary alicyclic amines) is 2. The zero-order valence-electron chi connectivity index (χ0n) is 29.2. The summed E-state index contributed by atoms with van der Waals surface area (Å²) in [6, 6.07) is 11.1. The van der Waals surface area contributed by atoms with Crippen LogP contribution in [0.1, 0.15) is 95.3 Å². The van der Waals surface area contributed by atoms with Crippen LogP contribution in [0, 0.1) is 29.5 Å². The summed E-state index contributed by atoms with van der Waals surface area (Å²) in [5.41, 5.74) is 3.05. The van der Waals surface area contributed by atoms with Gasteiger partial charge in [0.1, 0.15) is 11.1 Å². The van der Waals surface area contributed by atoms with E-state index < -0.39 is 11.4 Å². The Kier molecular flexibility index (Phi) is 8.79. The number of hydrogen-bond acceptors (Lipinski definition) is 5. The first-order valence-electron chi connectivity index (χ1n) is 17.5. The van der Waals surface area contributed by atoms with Gasteiger partial charge in [0.15, 0.2) is 5.82 Å². The first-order valence-corrected chi connectivity index (χ1v) is 18.2. The normalized spacial score (nSPS) is 20.1. The molecular formula is C39H42Cl2FN5O3. The Hall–Kier alpha value is -3.87. The van der Waals surface area contributed by atoms with Gasteiger partial charge in [-0.2, -0.15) is 5.26 Å². The van der Waals surface area contributed by atoms with Crippen molar-refractivity contribution in [2.24, 2.45) is 5.41 Å². The number of halogens is 3. The number of ether oxygens (including phenoxy) is 1. The quantitative estimate of drug-likeness (QED) is 0.198. The summed E-state index contributed by atoms with van der Waals surface area (Å²) in [4.78, 5) is 35.8. The maximum Gasteiger partial charge on any atom is 0.410 e. The molecule has 2 aromatic carbocycles. The zero-order chi connectivity index (χ0) is 35.7. The minimum absolute atomic E-state index is 0.151. The molecule has 4 heterocycles. The van der Waals surface area contributed by atoms with Crippen molar-refractivity contribution < 1.29 is 18.7 Å². The van der Waals surface area contributed by atoms with Gasteiger partial charge in [0.05, 0.1) is 33.7 Å². The topological polar surface area (TPSA) is 91.5 Å². The van der Waals surface area contributed by atoms with Gasteiger partial charge < -0.3 is 19.1 Å². The molecule has 0 N–H and O–H groups in total. The molecule has 3 aliphatic rings. The summed E-state index contributed by atoms with van der Waals surface area (Å²) in [6.45, 7) is 11.1. The van der Waals surface area contributed by atoms with Gasteiger partial charge in [0.2, 0.25) is 5.91 Å². The summed E-state index contributed by atoms with van der Waals surface area (Å²) in [5.74, 6) is -0.341. The molecule has 50 heavy (non-hydrogen) atoms. The Morgan fingerprint density at radius 2 is 1.90 bits per heavy atom. The fraction of sp³-hybridized carbons (Fsp3) is 0.487. The van der Waals surface area contributed by atoms with E-state index in [1.54, 1.807) is 23.1 Å². The van der Waals surface area contributed by atoms with Crippen molar-refractivity contribution in [2.75, 3.05) is 19.6 Å². The molecule has 2 atom stereocenters. The van der Waals surface area contributed by atoms with E-state index >= 15 is 4.39 Å². The van der Waals surface area contributed by atoms with E-state index in [0.717, 1.165) is 42.3 Å². The number of pyridine rings is 1. The molecule has 2 amide bonds. The number of amides is 2. The summed E-state index contributed by atoms with van der Waals surface area (Å²) < 4.78 is 25.1. The largest absolute Gasteiger partial charge is 0.444 e. The van der Waals surface area contributed by atoms with Crippen LogP contribution in [0.25, 0.3) is 32.9 Å². The van der Waals surface area contributed by atoms with Crippen molar-refractivity contribution in [1.82, 2.24) is 19.4 Å². The van der Waals surface area contributed by atoms with Crippen molar-refractivity contribution >= 4 is 57.0 Å². The van der Waals surface area contributed by atoms with Crippen LogP contribution in [-0.4, -0.2) is 56.6 Å². The fourth-order valence-corrected chi connectivity index (χ4v) is 8.24. The van der Waals surface area contributed by atoms with Crippen LogP contribution in [0.2, 0.25) is 10.0 Å². The van der Waals surface area contributed by atoms with Crippen molar-refractivity contribution in [2.45, 2.75) is 97.2 Å². The summed E-state index contributed by atoms with van der Waals surface area (Å²) in [6.07, 6.45) is 4.25. The van der Waals surface area contributed by atoms with Gasteiger partial charge in [-0.3, -0.25) is 4.79 Å². The molecule has 2 unspecified atom stereocenters. The zero-order valence-corrected chi connectivity index (χ0v) is 30.7. The maximum atomic E-state index is 17.1. The Morgan fingerprint density at radius 1 is 1.14 bits per heavy atom. The van der Waals surface area contributed by atoms with E-state index in [2.05, 4.69) is 16.7 Å². The molecule has 262 valence electrons. The van der Waals surface area contributed by atoms with Gasteiger partial charge in [0, 0.05) is 64.8 Å². The lowest BCUT2D eigenvalue weighted by molar-refractivity contribution is -0.137. The number of aryl methyl sites for hydroxylation is 2. The van der Waals surface area contributed by atoms with E-state index in [1.165, 1.54) is 0 Å². The van der Waals surface area contributed by atoms with E-state index in [-0.39, 0.29) is 52.0 Å².